The number of rotatable bonds is 9. The molecule has 3 atom stereocenters. The Hall–Kier alpha value is -2.73. The molecule has 34 heavy (non-hydrogen) atoms. The molecule has 0 saturated heterocycles. The van der Waals surface area contributed by atoms with Crippen molar-refractivity contribution in [2.75, 3.05) is 0 Å². The van der Waals surface area contributed by atoms with Crippen molar-refractivity contribution in [3.63, 3.8) is 0 Å². The highest BCUT2D eigenvalue weighted by molar-refractivity contribution is 7.81. The molecule has 0 aliphatic heterocycles. The Morgan fingerprint density at radius 2 is 1.29 bits per heavy atom. The fraction of sp³-hybridized carbons (Fsp3) is 0.269. The van der Waals surface area contributed by atoms with Crippen LogP contribution in [0.1, 0.15) is 30.6 Å². The number of halogens is 3. The number of carbonyl (C=O) groups is 1. The Bertz CT molecular complexity index is 1000. The number of alkyl halides is 3. The molecule has 0 amide bonds. The fourth-order valence-electron chi connectivity index (χ4n) is 3.44. The first-order valence-corrected chi connectivity index (χ1v) is 12.5. The van der Waals surface area contributed by atoms with E-state index in [1.807, 2.05) is 0 Å². The van der Waals surface area contributed by atoms with Crippen molar-refractivity contribution >= 4 is 24.3 Å². The van der Waals surface area contributed by atoms with Crippen LogP contribution in [-0.4, -0.2) is 29.5 Å². The molecule has 0 aromatic heterocycles. The molecule has 0 spiro atoms. The monoisotopic (exact) mass is 491 g/mol. The summed E-state index contributed by atoms with van der Waals surface area (Å²) in [6, 6.07) is 25.3. The molecule has 0 aliphatic rings. The number of aliphatic hydroxyl groups excluding tert-OH is 1. The van der Waals surface area contributed by atoms with E-state index in [1.54, 1.807) is 91.0 Å². The third-order valence-electron chi connectivity index (χ3n) is 5.48. The van der Waals surface area contributed by atoms with Crippen molar-refractivity contribution in [2.24, 2.45) is 5.92 Å². The number of hydrogen-bond acceptors (Lipinski definition) is 4. The van der Waals surface area contributed by atoms with Crippen LogP contribution in [0.15, 0.2) is 91.0 Å². The van der Waals surface area contributed by atoms with Crippen LogP contribution in [-0.2, 0) is 9.05 Å². The molecule has 0 fully saturated rings. The summed E-state index contributed by atoms with van der Waals surface area (Å²) in [6.45, 7) is 2.91. The van der Waals surface area contributed by atoms with Gasteiger partial charge in [-0.15, -0.1) is 0 Å². The van der Waals surface area contributed by atoms with E-state index in [2.05, 4.69) is 0 Å². The smallest absolute Gasteiger partial charge is 0.391 e. The lowest BCUT2D eigenvalue weighted by Crippen LogP contribution is -2.38. The topological polar surface area (TPSA) is 55.8 Å². The third kappa shape index (κ3) is 6.44. The molecule has 0 bridgehead atoms. The molecule has 3 aromatic carbocycles. The van der Waals surface area contributed by atoms with Crippen LogP contribution in [0.3, 0.4) is 0 Å². The predicted molar refractivity (Wildman–Crippen MR) is 127 cm³/mol. The number of carbonyl (C=O) groups excluding carboxylic acids is 1. The van der Waals surface area contributed by atoms with Crippen LogP contribution in [0.2, 0.25) is 0 Å². The van der Waals surface area contributed by atoms with E-state index in [0.717, 1.165) is 0 Å². The largest absolute Gasteiger partial charge is 0.393 e. The van der Waals surface area contributed by atoms with Gasteiger partial charge >= 0.3 is 19.9 Å². The first-order valence-electron chi connectivity index (χ1n) is 10.8. The maximum absolute atomic E-state index is 13.6. The Balaban J connectivity index is 2.18. The van der Waals surface area contributed by atoms with E-state index in [-0.39, 0.29) is 5.56 Å². The average molecular weight is 491 g/mol. The van der Waals surface area contributed by atoms with E-state index in [9.17, 15) is 23.1 Å². The van der Waals surface area contributed by atoms with Gasteiger partial charge in [-0.05, 0) is 43.3 Å². The van der Waals surface area contributed by atoms with Crippen LogP contribution < -0.4 is 10.6 Å². The fourth-order valence-corrected chi connectivity index (χ4v) is 6.35. The molecule has 8 heteroatoms. The summed E-state index contributed by atoms with van der Waals surface area (Å²) in [5, 5.41) is 11.1. The molecular formula is C26H27F3O4P+. The van der Waals surface area contributed by atoms with Crippen LogP contribution in [0.5, 0.6) is 0 Å². The Morgan fingerprint density at radius 1 is 0.853 bits per heavy atom. The molecule has 0 heterocycles. The Morgan fingerprint density at radius 3 is 1.71 bits per heavy atom. The van der Waals surface area contributed by atoms with Crippen molar-refractivity contribution in [2.45, 2.75) is 38.7 Å². The van der Waals surface area contributed by atoms with Gasteiger partial charge in [0, 0.05) is 5.92 Å². The number of benzene rings is 3. The molecule has 180 valence electrons. The van der Waals surface area contributed by atoms with E-state index in [4.69, 9.17) is 9.05 Å². The van der Waals surface area contributed by atoms with Gasteiger partial charge in [0.25, 0.3) is 0 Å². The molecule has 3 aromatic rings. The Kier molecular flexibility index (Phi) is 8.47. The van der Waals surface area contributed by atoms with Crippen molar-refractivity contribution < 1.29 is 32.1 Å². The summed E-state index contributed by atoms with van der Waals surface area (Å²) < 4.78 is 53.1. The Labute approximate surface area is 197 Å². The second kappa shape index (κ2) is 11.1. The van der Waals surface area contributed by atoms with E-state index in [0.29, 0.717) is 10.6 Å². The van der Waals surface area contributed by atoms with E-state index >= 15 is 0 Å². The summed E-state index contributed by atoms with van der Waals surface area (Å²) >= 11 is 0. The maximum Gasteiger partial charge on any atom is 0.391 e. The minimum absolute atomic E-state index is 0.248. The van der Waals surface area contributed by atoms with Gasteiger partial charge in [0.05, 0.1) is 18.1 Å². The lowest BCUT2D eigenvalue weighted by molar-refractivity contribution is -0.158. The standard InChI is InChI=1S/C26H27F3O4P/c1-19(20(2)30)24(18-26(27,28)29)32-34(22-14-8-4-9-15-22,23-16-10-5-11-17-23)33-25(31)21-12-6-3-7-13-21/h3-17,19-20,24,30H,18H2,1-2H3/q+1. The van der Waals surface area contributed by atoms with E-state index < -0.39 is 44.4 Å². The normalized spacial score (nSPS) is 14.8. The van der Waals surface area contributed by atoms with Crippen LogP contribution in [0.4, 0.5) is 13.2 Å². The quantitative estimate of drug-likeness (QED) is 0.391. The van der Waals surface area contributed by atoms with Crippen molar-refractivity contribution in [1.29, 1.82) is 0 Å². The molecule has 3 unspecified atom stereocenters. The molecule has 0 aliphatic carbocycles. The molecule has 0 radical (unpaired) electrons. The zero-order chi connectivity index (χ0) is 24.8. The molecular weight excluding hydrogens is 464 g/mol. The molecule has 4 nitrogen and oxygen atoms in total. The maximum atomic E-state index is 13.6. The lowest BCUT2D eigenvalue weighted by Gasteiger charge is -2.31. The summed E-state index contributed by atoms with van der Waals surface area (Å²) in [6.07, 6.45) is -8.40. The summed E-state index contributed by atoms with van der Waals surface area (Å²) in [5.41, 5.74) is 0.248. The zero-order valence-corrected chi connectivity index (χ0v) is 19.7. The average Bonchev–Trinajstić information content (AvgIpc) is 2.83. The summed E-state index contributed by atoms with van der Waals surface area (Å²) in [7, 11) is -3.62. The highest BCUT2D eigenvalue weighted by Crippen LogP contribution is 2.61. The first-order chi connectivity index (χ1) is 16.1. The highest BCUT2D eigenvalue weighted by Gasteiger charge is 2.55. The highest BCUT2D eigenvalue weighted by atomic mass is 31.2. The van der Waals surface area contributed by atoms with Crippen molar-refractivity contribution in [1.82, 2.24) is 0 Å². The first kappa shape index (κ1) is 25.9. The summed E-state index contributed by atoms with van der Waals surface area (Å²) in [4.78, 5) is 13.2. The van der Waals surface area contributed by atoms with Gasteiger partial charge in [-0.25, -0.2) is 4.79 Å². The van der Waals surface area contributed by atoms with Crippen LogP contribution in [0, 0.1) is 5.92 Å². The second-order valence-electron chi connectivity index (χ2n) is 8.03. The van der Waals surface area contributed by atoms with Gasteiger partial charge in [-0.3, -0.25) is 4.52 Å². The van der Waals surface area contributed by atoms with Gasteiger partial charge in [-0.1, -0.05) is 61.5 Å². The number of hydrogen-bond donors (Lipinski definition) is 1. The number of aliphatic hydroxyl groups is 1. The second-order valence-corrected chi connectivity index (χ2v) is 10.6. The van der Waals surface area contributed by atoms with Crippen molar-refractivity contribution in [3.05, 3.63) is 96.6 Å². The van der Waals surface area contributed by atoms with Gasteiger partial charge in [-0.2, -0.15) is 17.7 Å². The van der Waals surface area contributed by atoms with Crippen molar-refractivity contribution in [3.8, 4) is 0 Å². The van der Waals surface area contributed by atoms with Crippen LogP contribution in [0.25, 0.3) is 0 Å². The van der Waals surface area contributed by atoms with Gasteiger partial charge < -0.3 is 5.11 Å². The van der Waals surface area contributed by atoms with Gasteiger partial charge in [0.15, 0.2) is 10.6 Å². The molecule has 3 rings (SSSR count). The van der Waals surface area contributed by atoms with E-state index in [1.165, 1.54) is 13.8 Å². The SMILES string of the molecule is CC(O)C(C)C(CC(F)(F)F)O[P+](OC(=O)c1ccccc1)(c1ccccc1)c1ccccc1. The summed E-state index contributed by atoms with van der Waals surface area (Å²) in [5.74, 6) is -1.60. The lowest BCUT2D eigenvalue weighted by atomic mass is 9.97. The minimum Gasteiger partial charge on any atom is -0.393 e. The predicted octanol–water partition coefficient (Wildman–Crippen LogP) is 5.70. The molecule has 1 N–H and O–H groups in total. The van der Waals surface area contributed by atoms with Gasteiger partial charge in [0.2, 0.25) is 0 Å². The van der Waals surface area contributed by atoms with Gasteiger partial charge in [0.1, 0.15) is 6.10 Å². The third-order valence-corrected chi connectivity index (χ3v) is 8.42. The zero-order valence-electron chi connectivity index (χ0n) is 18.9. The minimum atomic E-state index is -4.56. The molecule has 0 saturated carbocycles. The van der Waals surface area contributed by atoms with Crippen LogP contribution >= 0.6 is 7.72 Å².